The van der Waals surface area contributed by atoms with E-state index in [1.807, 2.05) is 42.5 Å². The average Bonchev–Trinajstić information content (AvgIpc) is 2.65. The van der Waals surface area contributed by atoms with Crippen LogP contribution >= 0.6 is 0 Å². The summed E-state index contributed by atoms with van der Waals surface area (Å²) in [6, 6.07) is 15.7. The van der Waals surface area contributed by atoms with Crippen molar-refractivity contribution in [1.82, 2.24) is 4.98 Å². The standard InChI is InChI=1S/C22H24N4O2S/c1-22(2,3)26-21-17(11-23)13-25-20-8-7-18(10-19(20)21)24-12-15-5-4-6-16(9-15)14-29(27)28/h4-10,13,24H,12,14H2,1-3H3,(H,25,26)(H,27,28). The van der Waals surface area contributed by atoms with Gasteiger partial charge in [0.05, 0.1) is 22.5 Å². The van der Waals surface area contributed by atoms with E-state index < -0.39 is 11.1 Å². The zero-order valence-electron chi connectivity index (χ0n) is 16.7. The van der Waals surface area contributed by atoms with Gasteiger partial charge in [-0.15, -0.1) is 0 Å². The topological polar surface area (TPSA) is 98.0 Å². The maximum Gasteiger partial charge on any atom is 0.157 e. The molecule has 1 unspecified atom stereocenters. The molecule has 1 aromatic heterocycles. The summed E-state index contributed by atoms with van der Waals surface area (Å²) in [6.07, 6.45) is 1.60. The molecule has 0 fully saturated rings. The summed E-state index contributed by atoms with van der Waals surface area (Å²) in [5.74, 6) is 0.119. The van der Waals surface area contributed by atoms with E-state index >= 15 is 0 Å². The van der Waals surface area contributed by atoms with Gasteiger partial charge in [-0.3, -0.25) is 4.98 Å². The van der Waals surface area contributed by atoms with Crippen molar-refractivity contribution in [1.29, 1.82) is 5.26 Å². The smallest absolute Gasteiger partial charge is 0.157 e. The number of hydrogen-bond acceptors (Lipinski definition) is 5. The Hall–Kier alpha value is -2.95. The van der Waals surface area contributed by atoms with Gasteiger partial charge in [-0.25, -0.2) is 4.21 Å². The molecule has 1 heterocycles. The van der Waals surface area contributed by atoms with Crippen LogP contribution in [0, 0.1) is 11.3 Å². The number of anilines is 2. The SMILES string of the molecule is CC(C)(C)Nc1c(C#N)cnc2ccc(NCc3cccc(CS(=O)O)c3)cc12. The van der Waals surface area contributed by atoms with E-state index in [2.05, 4.69) is 42.5 Å². The van der Waals surface area contributed by atoms with Crippen LogP contribution in [0.3, 0.4) is 0 Å². The van der Waals surface area contributed by atoms with E-state index in [1.54, 1.807) is 6.20 Å². The van der Waals surface area contributed by atoms with E-state index in [-0.39, 0.29) is 11.3 Å². The summed E-state index contributed by atoms with van der Waals surface area (Å²) < 4.78 is 20.1. The summed E-state index contributed by atoms with van der Waals surface area (Å²) in [4.78, 5) is 4.40. The second-order valence-corrected chi connectivity index (χ2v) is 8.84. The number of fused-ring (bicyclic) bond motifs is 1. The van der Waals surface area contributed by atoms with Crippen molar-refractivity contribution < 1.29 is 8.76 Å². The van der Waals surface area contributed by atoms with Gasteiger partial charge in [0.1, 0.15) is 6.07 Å². The maximum absolute atomic E-state index is 11.0. The number of benzene rings is 2. The Labute approximate surface area is 173 Å². The molecule has 2 aromatic carbocycles. The first-order chi connectivity index (χ1) is 13.7. The molecule has 0 radical (unpaired) electrons. The molecule has 3 N–H and O–H groups in total. The largest absolute Gasteiger partial charge is 0.381 e. The Morgan fingerprint density at radius 1 is 1.17 bits per heavy atom. The second-order valence-electron chi connectivity index (χ2n) is 7.90. The molecule has 0 aliphatic heterocycles. The highest BCUT2D eigenvalue weighted by molar-refractivity contribution is 7.78. The number of aromatic nitrogens is 1. The molecular formula is C22H24N4O2S. The van der Waals surface area contributed by atoms with Crippen LogP contribution in [-0.2, 0) is 23.4 Å². The van der Waals surface area contributed by atoms with Gasteiger partial charge >= 0.3 is 0 Å². The van der Waals surface area contributed by atoms with Crippen molar-refractivity contribution in [3.63, 3.8) is 0 Å². The highest BCUT2D eigenvalue weighted by Crippen LogP contribution is 2.30. The summed E-state index contributed by atoms with van der Waals surface area (Å²) in [6.45, 7) is 6.73. The number of nitrogens with one attached hydrogen (secondary N) is 2. The number of pyridine rings is 1. The first kappa shape index (κ1) is 20.8. The third kappa shape index (κ3) is 5.53. The number of nitrogens with zero attached hydrogens (tertiary/aromatic N) is 2. The van der Waals surface area contributed by atoms with Crippen LogP contribution in [0.5, 0.6) is 0 Å². The minimum atomic E-state index is -1.86. The van der Waals surface area contributed by atoms with Crippen LogP contribution in [0.1, 0.15) is 37.5 Å². The van der Waals surface area contributed by atoms with Crippen molar-refractivity contribution in [2.75, 3.05) is 10.6 Å². The Morgan fingerprint density at radius 3 is 2.62 bits per heavy atom. The van der Waals surface area contributed by atoms with E-state index in [9.17, 15) is 9.47 Å². The molecule has 7 heteroatoms. The minimum absolute atomic E-state index is 0.119. The predicted molar refractivity (Wildman–Crippen MR) is 118 cm³/mol. The highest BCUT2D eigenvalue weighted by Gasteiger charge is 2.16. The van der Waals surface area contributed by atoms with Crippen molar-refractivity contribution >= 4 is 33.4 Å². The van der Waals surface area contributed by atoms with E-state index in [1.165, 1.54) is 0 Å². The summed E-state index contributed by atoms with van der Waals surface area (Å²) in [7, 11) is 0. The summed E-state index contributed by atoms with van der Waals surface area (Å²) in [5, 5.41) is 17.2. The fraction of sp³-hybridized carbons (Fsp3) is 0.273. The minimum Gasteiger partial charge on any atom is -0.381 e. The number of hydrogen-bond donors (Lipinski definition) is 3. The Balaban J connectivity index is 1.88. The third-order valence-corrected chi connectivity index (χ3v) is 4.85. The van der Waals surface area contributed by atoms with Crippen molar-refractivity contribution in [3.8, 4) is 6.07 Å². The first-order valence-corrected chi connectivity index (χ1v) is 10.5. The molecule has 3 aromatic rings. The van der Waals surface area contributed by atoms with Crippen LogP contribution in [0.25, 0.3) is 10.9 Å². The lowest BCUT2D eigenvalue weighted by atomic mass is 10.0. The van der Waals surface area contributed by atoms with Crippen LogP contribution in [0.15, 0.2) is 48.7 Å². The lowest BCUT2D eigenvalue weighted by Gasteiger charge is -2.24. The number of rotatable bonds is 6. The van der Waals surface area contributed by atoms with Gasteiger partial charge in [-0.2, -0.15) is 5.26 Å². The molecular weight excluding hydrogens is 384 g/mol. The molecule has 1 atom stereocenters. The molecule has 29 heavy (non-hydrogen) atoms. The monoisotopic (exact) mass is 408 g/mol. The van der Waals surface area contributed by atoms with E-state index in [4.69, 9.17) is 4.55 Å². The van der Waals surface area contributed by atoms with Gasteiger partial charge in [0.2, 0.25) is 0 Å². The Bertz CT molecular complexity index is 1100. The van der Waals surface area contributed by atoms with Gasteiger partial charge in [0, 0.05) is 29.4 Å². The van der Waals surface area contributed by atoms with Crippen LogP contribution in [-0.4, -0.2) is 19.3 Å². The number of nitriles is 1. The highest BCUT2D eigenvalue weighted by atomic mass is 32.2. The fourth-order valence-corrected chi connectivity index (χ4v) is 3.54. The van der Waals surface area contributed by atoms with Gasteiger partial charge in [0.15, 0.2) is 11.1 Å². The predicted octanol–water partition coefficient (Wildman–Crippen LogP) is 4.65. The molecule has 0 saturated heterocycles. The average molecular weight is 409 g/mol. The molecule has 0 bridgehead atoms. The van der Waals surface area contributed by atoms with Crippen molar-refractivity contribution in [2.24, 2.45) is 0 Å². The van der Waals surface area contributed by atoms with Gasteiger partial charge < -0.3 is 15.2 Å². The zero-order chi connectivity index (χ0) is 21.0. The van der Waals surface area contributed by atoms with Gasteiger partial charge in [0.25, 0.3) is 0 Å². The molecule has 0 aliphatic rings. The van der Waals surface area contributed by atoms with Crippen molar-refractivity contribution in [3.05, 3.63) is 65.4 Å². The van der Waals surface area contributed by atoms with Crippen LogP contribution < -0.4 is 10.6 Å². The lowest BCUT2D eigenvalue weighted by molar-refractivity contribution is 0.563. The lowest BCUT2D eigenvalue weighted by Crippen LogP contribution is -2.26. The second kappa shape index (κ2) is 8.60. The van der Waals surface area contributed by atoms with Crippen molar-refractivity contribution in [2.45, 2.75) is 38.6 Å². The summed E-state index contributed by atoms with van der Waals surface area (Å²) >= 11 is -1.86. The van der Waals surface area contributed by atoms with Crippen LogP contribution in [0.2, 0.25) is 0 Å². The molecule has 150 valence electrons. The Kier molecular flexibility index (Phi) is 6.16. The molecule has 0 aliphatic carbocycles. The van der Waals surface area contributed by atoms with E-state index in [0.29, 0.717) is 12.1 Å². The van der Waals surface area contributed by atoms with E-state index in [0.717, 1.165) is 33.4 Å². The maximum atomic E-state index is 11.0. The van der Waals surface area contributed by atoms with Gasteiger partial charge in [-0.05, 0) is 50.1 Å². The summed E-state index contributed by atoms with van der Waals surface area (Å²) in [5.41, 5.74) is 4.65. The fourth-order valence-electron chi connectivity index (χ4n) is 3.07. The van der Waals surface area contributed by atoms with Crippen LogP contribution in [0.4, 0.5) is 11.4 Å². The first-order valence-electron chi connectivity index (χ1n) is 9.25. The molecule has 3 rings (SSSR count). The third-order valence-electron chi connectivity index (χ3n) is 4.27. The Morgan fingerprint density at radius 2 is 1.93 bits per heavy atom. The molecule has 0 saturated carbocycles. The molecule has 0 amide bonds. The quantitative estimate of drug-likeness (QED) is 0.514. The zero-order valence-corrected chi connectivity index (χ0v) is 17.5. The molecule has 0 spiro atoms. The van der Waals surface area contributed by atoms with Gasteiger partial charge in [-0.1, -0.05) is 24.3 Å². The normalized spacial score (nSPS) is 12.4. The molecule has 6 nitrogen and oxygen atoms in total.